The molecule has 9 nitrogen and oxygen atoms in total. The number of carbonyl (C=O) groups is 3. The summed E-state index contributed by atoms with van der Waals surface area (Å²) in [6.45, 7) is 8.86. The van der Waals surface area contributed by atoms with E-state index >= 15 is 0 Å². The van der Waals surface area contributed by atoms with Crippen molar-refractivity contribution in [2.24, 2.45) is 5.92 Å². The van der Waals surface area contributed by atoms with Gasteiger partial charge in [0, 0.05) is 18.3 Å². The average molecular weight is 529 g/mol. The first-order valence-corrected chi connectivity index (χ1v) is 12.8. The first kappa shape index (κ1) is 29.0. The predicted octanol–water partition coefficient (Wildman–Crippen LogP) is 3.58. The number of ether oxygens (including phenoxy) is 1. The van der Waals surface area contributed by atoms with E-state index in [4.69, 9.17) is 4.74 Å². The Kier molecular flexibility index (Phi) is 9.43. The highest BCUT2D eigenvalue weighted by Crippen LogP contribution is 2.25. The molecule has 1 saturated heterocycles. The summed E-state index contributed by atoms with van der Waals surface area (Å²) in [6, 6.07) is 7.28. The summed E-state index contributed by atoms with van der Waals surface area (Å²) in [5, 5.41) is 15.5. The van der Waals surface area contributed by atoms with Crippen LogP contribution in [0.1, 0.15) is 59.1 Å². The third-order valence-electron chi connectivity index (χ3n) is 6.29. The molecule has 0 radical (unpaired) electrons. The van der Waals surface area contributed by atoms with E-state index in [1.165, 1.54) is 23.2 Å². The van der Waals surface area contributed by atoms with Gasteiger partial charge in [-0.15, -0.1) is 0 Å². The molecule has 1 aliphatic rings. The van der Waals surface area contributed by atoms with Crippen LogP contribution in [0.15, 0.2) is 42.6 Å². The largest absolute Gasteiger partial charge is 0.444 e. The van der Waals surface area contributed by atoms with E-state index < -0.39 is 41.5 Å². The van der Waals surface area contributed by atoms with Gasteiger partial charge in [0.2, 0.25) is 11.8 Å². The van der Waals surface area contributed by atoms with Gasteiger partial charge in [0.1, 0.15) is 29.2 Å². The fraction of sp³-hybridized carbons (Fsp3) is 0.500. The number of nitrogens with one attached hydrogen (secondary N) is 2. The number of carbonyl (C=O) groups excluding carboxylic acids is 3. The molecular weight excluding hydrogens is 491 g/mol. The maximum absolute atomic E-state index is 14.1. The lowest BCUT2D eigenvalue weighted by atomic mass is 10.0. The fourth-order valence-corrected chi connectivity index (χ4v) is 4.40. The van der Waals surface area contributed by atoms with Crippen LogP contribution in [0.25, 0.3) is 11.3 Å². The molecule has 206 valence electrons. The number of hydrogen-bond acceptors (Lipinski definition) is 6. The summed E-state index contributed by atoms with van der Waals surface area (Å²) in [5.41, 5.74) is 0.695. The average Bonchev–Trinajstić information content (AvgIpc) is 3.35. The number of rotatable bonds is 8. The van der Waals surface area contributed by atoms with Crippen molar-refractivity contribution in [3.63, 3.8) is 0 Å². The standard InChI is InChI=1S/C28H37FN4O5/c1-17(2)23(32-27(37)38-28(3,4)5)26(36)33-15-7-9-22(33)25(35)31-21(16-34)18-10-12-19(13-11-18)24-20(29)8-6-14-30-24/h6,8,10-14,17,21-23,34H,7,9,15-16H2,1-5H3,(H,31,35)(H,32,37). The maximum atomic E-state index is 14.1. The Morgan fingerprint density at radius 1 is 1.16 bits per heavy atom. The SMILES string of the molecule is CC(C)C(NC(=O)OC(C)(C)C)C(=O)N1CCCC1C(=O)NC(CO)c1ccc(-c2ncccc2F)cc1. The van der Waals surface area contributed by atoms with E-state index in [1.54, 1.807) is 45.0 Å². The number of hydrogen-bond donors (Lipinski definition) is 3. The Labute approximate surface area is 222 Å². The molecule has 0 saturated carbocycles. The number of likely N-dealkylation sites (tertiary alicyclic amines) is 1. The summed E-state index contributed by atoms with van der Waals surface area (Å²) >= 11 is 0. The molecular formula is C28H37FN4O5. The van der Waals surface area contributed by atoms with E-state index in [0.29, 0.717) is 30.5 Å². The molecule has 10 heteroatoms. The summed E-state index contributed by atoms with van der Waals surface area (Å²) < 4.78 is 19.4. The van der Waals surface area contributed by atoms with Crippen LogP contribution in [0.4, 0.5) is 9.18 Å². The molecule has 0 aliphatic carbocycles. The van der Waals surface area contributed by atoms with Gasteiger partial charge in [-0.3, -0.25) is 14.6 Å². The Bertz CT molecular complexity index is 1130. The zero-order valence-electron chi connectivity index (χ0n) is 22.5. The lowest BCUT2D eigenvalue weighted by Crippen LogP contribution is -2.56. The van der Waals surface area contributed by atoms with Crippen LogP contribution in [0.3, 0.4) is 0 Å². The topological polar surface area (TPSA) is 121 Å². The second-order valence-electron chi connectivity index (χ2n) is 10.8. The molecule has 3 rings (SSSR count). The van der Waals surface area contributed by atoms with Crippen molar-refractivity contribution in [2.75, 3.05) is 13.2 Å². The number of halogens is 1. The Morgan fingerprint density at radius 3 is 2.42 bits per heavy atom. The summed E-state index contributed by atoms with van der Waals surface area (Å²) in [5.74, 6) is -1.42. The van der Waals surface area contributed by atoms with Gasteiger partial charge in [-0.05, 0) is 57.2 Å². The highest BCUT2D eigenvalue weighted by molar-refractivity contribution is 5.92. The minimum atomic E-state index is -0.855. The summed E-state index contributed by atoms with van der Waals surface area (Å²) in [7, 11) is 0. The quantitative estimate of drug-likeness (QED) is 0.482. The number of aliphatic hydroxyl groups is 1. The van der Waals surface area contributed by atoms with Gasteiger partial charge in [0.25, 0.3) is 0 Å². The third kappa shape index (κ3) is 7.28. The Hall–Kier alpha value is -3.53. The molecule has 38 heavy (non-hydrogen) atoms. The van der Waals surface area contributed by atoms with Crippen molar-refractivity contribution < 1.29 is 28.6 Å². The van der Waals surface area contributed by atoms with Gasteiger partial charge in [-0.2, -0.15) is 0 Å². The van der Waals surface area contributed by atoms with Gasteiger partial charge in [-0.25, -0.2) is 9.18 Å². The zero-order chi connectivity index (χ0) is 28.0. The van der Waals surface area contributed by atoms with Crippen LogP contribution < -0.4 is 10.6 Å². The molecule has 3 amide bonds. The summed E-state index contributed by atoms with van der Waals surface area (Å²) in [4.78, 5) is 44.6. The van der Waals surface area contributed by atoms with Gasteiger partial charge >= 0.3 is 6.09 Å². The second kappa shape index (κ2) is 12.3. The minimum absolute atomic E-state index is 0.212. The zero-order valence-corrected chi connectivity index (χ0v) is 22.5. The second-order valence-corrected chi connectivity index (χ2v) is 10.8. The highest BCUT2D eigenvalue weighted by atomic mass is 19.1. The molecule has 0 bridgehead atoms. The maximum Gasteiger partial charge on any atom is 0.408 e. The fourth-order valence-electron chi connectivity index (χ4n) is 4.40. The van der Waals surface area contributed by atoms with E-state index in [-0.39, 0.29) is 24.1 Å². The van der Waals surface area contributed by atoms with Crippen LogP contribution in [0.5, 0.6) is 0 Å². The van der Waals surface area contributed by atoms with E-state index in [0.717, 1.165) is 0 Å². The highest BCUT2D eigenvalue weighted by Gasteiger charge is 2.39. The number of pyridine rings is 1. The molecule has 3 unspecified atom stereocenters. The third-order valence-corrected chi connectivity index (χ3v) is 6.29. The minimum Gasteiger partial charge on any atom is -0.444 e. The van der Waals surface area contributed by atoms with Gasteiger partial charge < -0.3 is 25.4 Å². The Morgan fingerprint density at radius 2 is 1.84 bits per heavy atom. The molecule has 3 N–H and O–H groups in total. The number of alkyl carbamates (subject to hydrolysis) is 1. The van der Waals surface area contributed by atoms with Crippen LogP contribution in [-0.2, 0) is 14.3 Å². The molecule has 0 spiro atoms. The van der Waals surface area contributed by atoms with E-state index in [1.807, 2.05) is 13.8 Å². The molecule has 1 aromatic carbocycles. The van der Waals surface area contributed by atoms with Gasteiger partial charge in [0.15, 0.2) is 0 Å². The number of aromatic nitrogens is 1. The van der Waals surface area contributed by atoms with Gasteiger partial charge in [-0.1, -0.05) is 38.1 Å². The number of amides is 3. The Balaban J connectivity index is 1.70. The monoisotopic (exact) mass is 528 g/mol. The molecule has 2 aromatic rings. The number of nitrogens with zero attached hydrogens (tertiary/aromatic N) is 2. The molecule has 1 fully saturated rings. The molecule has 3 atom stereocenters. The van der Waals surface area contributed by atoms with Crippen molar-refractivity contribution in [1.82, 2.24) is 20.5 Å². The first-order valence-electron chi connectivity index (χ1n) is 12.8. The number of benzene rings is 1. The van der Waals surface area contributed by atoms with Crippen molar-refractivity contribution in [3.05, 3.63) is 54.0 Å². The predicted molar refractivity (Wildman–Crippen MR) is 140 cm³/mol. The van der Waals surface area contributed by atoms with Crippen molar-refractivity contribution in [3.8, 4) is 11.3 Å². The molecule has 1 aliphatic heterocycles. The van der Waals surface area contributed by atoms with E-state index in [9.17, 15) is 23.9 Å². The lowest BCUT2D eigenvalue weighted by Gasteiger charge is -2.31. The smallest absolute Gasteiger partial charge is 0.408 e. The number of aliphatic hydroxyl groups excluding tert-OH is 1. The van der Waals surface area contributed by atoms with Crippen molar-refractivity contribution in [1.29, 1.82) is 0 Å². The van der Waals surface area contributed by atoms with E-state index in [2.05, 4.69) is 15.6 Å². The van der Waals surface area contributed by atoms with Crippen LogP contribution in [0, 0.1) is 11.7 Å². The molecule has 2 heterocycles. The van der Waals surface area contributed by atoms with Gasteiger partial charge in [0.05, 0.1) is 12.6 Å². The van der Waals surface area contributed by atoms with Crippen molar-refractivity contribution in [2.45, 2.75) is 71.2 Å². The normalized spacial score (nSPS) is 17.2. The summed E-state index contributed by atoms with van der Waals surface area (Å²) in [6.07, 6.45) is 1.91. The van der Waals surface area contributed by atoms with Crippen molar-refractivity contribution >= 4 is 17.9 Å². The molecule has 1 aromatic heterocycles. The van der Waals surface area contributed by atoms with Crippen LogP contribution in [0.2, 0.25) is 0 Å². The van der Waals surface area contributed by atoms with Crippen LogP contribution in [-0.4, -0.2) is 63.7 Å². The first-order chi connectivity index (χ1) is 17.9. The van der Waals surface area contributed by atoms with Crippen LogP contribution >= 0.6 is 0 Å². The lowest BCUT2D eigenvalue weighted by molar-refractivity contribution is -0.141.